The Morgan fingerprint density at radius 1 is 0.804 bits per heavy atom. The SMILES string of the molecule is COc1cc(C(=O)Nc2cc(C(=O)Nc3cc(Cl)ccc3C)ccc2N2C[C@H]3C[C@@H](C2)c2cccc(=O)n2C3)cc(OC)c1OC. The largest absolute Gasteiger partial charge is 0.493 e. The molecule has 2 aliphatic heterocycles. The summed E-state index contributed by atoms with van der Waals surface area (Å²) < 4.78 is 18.2. The number of aromatic nitrogens is 1. The van der Waals surface area contributed by atoms with Gasteiger partial charge >= 0.3 is 0 Å². The maximum Gasteiger partial charge on any atom is 0.255 e. The molecule has 2 amide bonds. The predicted octanol–water partition coefficient (Wildman–Crippen LogP) is 5.96. The van der Waals surface area contributed by atoms with Gasteiger partial charge in [0, 0.05) is 59.1 Å². The molecule has 1 saturated heterocycles. The van der Waals surface area contributed by atoms with Gasteiger partial charge in [0.2, 0.25) is 5.75 Å². The van der Waals surface area contributed by atoms with Crippen LogP contribution in [-0.2, 0) is 6.54 Å². The highest BCUT2D eigenvalue weighted by Gasteiger charge is 2.35. The Balaban J connectivity index is 1.36. The van der Waals surface area contributed by atoms with Crippen LogP contribution >= 0.6 is 11.6 Å². The van der Waals surface area contributed by atoms with Crippen LogP contribution in [0.5, 0.6) is 17.2 Å². The second-order valence-electron chi connectivity index (χ2n) is 11.6. The van der Waals surface area contributed by atoms with E-state index in [-0.39, 0.29) is 28.9 Å². The summed E-state index contributed by atoms with van der Waals surface area (Å²) in [6, 6.07) is 19.2. The number of rotatable bonds is 8. The lowest BCUT2D eigenvalue weighted by Crippen LogP contribution is -2.47. The molecule has 238 valence electrons. The van der Waals surface area contributed by atoms with Crippen LogP contribution in [0.1, 0.15) is 44.3 Å². The number of carbonyl (C=O) groups is 2. The summed E-state index contributed by atoms with van der Waals surface area (Å²) in [4.78, 5) is 42.1. The quantitative estimate of drug-likeness (QED) is 0.244. The fourth-order valence-electron chi connectivity index (χ4n) is 6.48. The third kappa shape index (κ3) is 6.00. The number of aryl methyl sites for hydroxylation is 1. The number of ether oxygens (including phenoxy) is 3. The molecule has 0 saturated carbocycles. The van der Waals surface area contributed by atoms with Crippen molar-refractivity contribution in [2.45, 2.75) is 25.8 Å². The molecule has 2 N–H and O–H groups in total. The minimum absolute atomic E-state index is 0.0178. The van der Waals surface area contributed by atoms with Crippen LogP contribution in [0.2, 0.25) is 5.02 Å². The molecule has 2 aliphatic rings. The lowest BCUT2D eigenvalue weighted by Gasteiger charge is -2.44. The molecule has 10 nitrogen and oxygen atoms in total. The highest BCUT2D eigenvalue weighted by Crippen LogP contribution is 2.41. The Morgan fingerprint density at radius 2 is 1.52 bits per heavy atom. The summed E-state index contributed by atoms with van der Waals surface area (Å²) >= 11 is 6.19. The Morgan fingerprint density at radius 3 is 2.24 bits per heavy atom. The van der Waals surface area contributed by atoms with Crippen LogP contribution in [0.4, 0.5) is 17.1 Å². The number of methoxy groups -OCH3 is 3. The summed E-state index contributed by atoms with van der Waals surface area (Å²) in [5, 5.41) is 6.50. The first kappa shape index (κ1) is 31.0. The second kappa shape index (κ2) is 12.8. The molecule has 4 aromatic rings. The highest BCUT2D eigenvalue weighted by atomic mass is 35.5. The molecular formula is C35H35ClN4O6. The van der Waals surface area contributed by atoms with E-state index in [1.54, 1.807) is 42.5 Å². The molecule has 2 bridgehead atoms. The van der Waals surface area contributed by atoms with Crippen molar-refractivity contribution in [2.24, 2.45) is 5.92 Å². The van der Waals surface area contributed by atoms with E-state index in [0.29, 0.717) is 58.8 Å². The lowest BCUT2D eigenvalue weighted by atomic mass is 9.83. The summed E-state index contributed by atoms with van der Waals surface area (Å²) in [6.45, 7) is 3.87. The molecular weight excluding hydrogens is 608 g/mol. The Kier molecular flexibility index (Phi) is 8.64. The zero-order chi connectivity index (χ0) is 32.5. The van der Waals surface area contributed by atoms with Gasteiger partial charge in [-0.2, -0.15) is 0 Å². The number of benzene rings is 3. The molecule has 2 atom stereocenters. The number of nitrogens with one attached hydrogen (secondary N) is 2. The van der Waals surface area contributed by atoms with Crippen molar-refractivity contribution in [1.82, 2.24) is 4.57 Å². The lowest BCUT2D eigenvalue weighted by molar-refractivity contribution is 0.101. The van der Waals surface area contributed by atoms with Crippen LogP contribution < -0.4 is 35.3 Å². The second-order valence-corrected chi connectivity index (χ2v) is 12.1. The smallest absolute Gasteiger partial charge is 0.255 e. The molecule has 0 unspecified atom stereocenters. The fourth-order valence-corrected chi connectivity index (χ4v) is 6.65. The van der Waals surface area contributed by atoms with Gasteiger partial charge in [0.25, 0.3) is 17.4 Å². The number of nitrogens with zero attached hydrogens (tertiary/aromatic N) is 2. The molecule has 11 heteroatoms. The van der Waals surface area contributed by atoms with Gasteiger partial charge in [-0.15, -0.1) is 0 Å². The van der Waals surface area contributed by atoms with E-state index >= 15 is 0 Å². The van der Waals surface area contributed by atoms with Crippen LogP contribution in [0.3, 0.4) is 0 Å². The Labute approximate surface area is 271 Å². The van der Waals surface area contributed by atoms with E-state index in [2.05, 4.69) is 15.5 Å². The van der Waals surface area contributed by atoms with Crippen molar-refractivity contribution in [3.05, 3.63) is 104 Å². The van der Waals surface area contributed by atoms with E-state index in [9.17, 15) is 14.4 Å². The first-order chi connectivity index (χ1) is 22.2. The van der Waals surface area contributed by atoms with Crippen LogP contribution in [0, 0.1) is 12.8 Å². The number of hydrogen-bond acceptors (Lipinski definition) is 7. The summed E-state index contributed by atoms with van der Waals surface area (Å²) in [7, 11) is 4.47. The number of anilines is 3. The molecule has 6 rings (SSSR count). The van der Waals surface area contributed by atoms with Gasteiger partial charge in [-0.25, -0.2) is 0 Å². The molecule has 46 heavy (non-hydrogen) atoms. The molecule has 3 heterocycles. The van der Waals surface area contributed by atoms with E-state index in [4.69, 9.17) is 25.8 Å². The zero-order valence-electron chi connectivity index (χ0n) is 26.1. The highest BCUT2D eigenvalue weighted by molar-refractivity contribution is 6.31. The van der Waals surface area contributed by atoms with Crippen LogP contribution in [-0.4, -0.2) is 50.8 Å². The van der Waals surface area contributed by atoms with Gasteiger partial charge < -0.3 is 34.3 Å². The summed E-state index contributed by atoms with van der Waals surface area (Å²) in [5.41, 5.74) is 4.39. The number of fused-ring (bicyclic) bond motifs is 4. The van der Waals surface area contributed by atoms with Gasteiger partial charge in [0.05, 0.1) is 32.7 Å². The average molecular weight is 643 g/mol. The molecule has 0 aliphatic carbocycles. The van der Waals surface area contributed by atoms with Gasteiger partial charge in [-0.05, 0) is 73.4 Å². The van der Waals surface area contributed by atoms with Gasteiger partial charge in [0.1, 0.15) is 0 Å². The molecule has 0 radical (unpaired) electrons. The monoisotopic (exact) mass is 642 g/mol. The molecule has 1 aromatic heterocycles. The van der Waals surface area contributed by atoms with Crippen LogP contribution in [0.25, 0.3) is 0 Å². The van der Waals surface area contributed by atoms with Gasteiger partial charge in [-0.1, -0.05) is 23.7 Å². The van der Waals surface area contributed by atoms with Crippen molar-refractivity contribution in [3.63, 3.8) is 0 Å². The van der Waals surface area contributed by atoms with Crippen molar-refractivity contribution >= 4 is 40.5 Å². The Bertz CT molecular complexity index is 1860. The van der Waals surface area contributed by atoms with E-state index in [1.807, 2.05) is 35.8 Å². The number of hydrogen-bond donors (Lipinski definition) is 2. The molecule has 1 fully saturated rings. The maximum absolute atomic E-state index is 13.8. The number of piperidine rings is 1. The van der Waals surface area contributed by atoms with Crippen molar-refractivity contribution < 1.29 is 23.8 Å². The van der Waals surface area contributed by atoms with Gasteiger partial charge in [0.15, 0.2) is 11.5 Å². The predicted molar refractivity (Wildman–Crippen MR) is 178 cm³/mol. The van der Waals surface area contributed by atoms with E-state index in [1.165, 1.54) is 21.3 Å². The first-order valence-electron chi connectivity index (χ1n) is 15.0. The number of carbonyl (C=O) groups excluding carboxylic acids is 2. The summed E-state index contributed by atoms with van der Waals surface area (Å²) in [5.74, 6) is 0.691. The van der Waals surface area contributed by atoms with Crippen LogP contribution in [0.15, 0.2) is 71.5 Å². The third-order valence-electron chi connectivity index (χ3n) is 8.70. The van der Waals surface area contributed by atoms with E-state index in [0.717, 1.165) is 23.4 Å². The number of pyridine rings is 1. The number of halogens is 1. The first-order valence-corrected chi connectivity index (χ1v) is 15.3. The number of amides is 2. The third-order valence-corrected chi connectivity index (χ3v) is 8.94. The zero-order valence-corrected chi connectivity index (χ0v) is 26.8. The van der Waals surface area contributed by atoms with Crippen molar-refractivity contribution in [3.8, 4) is 17.2 Å². The maximum atomic E-state index is 13.8. The van der Waals surface area contributed by atoms with Crippen molar-refractivity contribution in [1.29, 1.82) is 0 Å². The minimum Gasteiger partial charge on any atom is -0.493 e. The fraction of sp³-hybridized carbons (Fsp3) is 0.286. The standard InChI is InChI=1S/C35H35ClN4O6/c1-20-8-10-25(36)16-26(20)37-34(42)22-9-11-29(39-17-21-12-24(19-39)28-6-5-7-32(41)40(28)18-21)27(13-22)38-35(43)23-14-30(44-2)33(46-4)31(15-23)45-3/h5-11,13-16,21,24H,12,17-19H2,1-4H3,(H,37,42)(H,38,43)/t21-,24+/m1/s1. The minimum atomic E-state index is -0.419. The van der Waals surface area contributed by atoms with Crippen molar-refractivity contribution in [2.75, 3.05) is 50.0 Å². The average Bonchev–Trinajstić information content (AvgIpc) is 3.06. The van der Waals surface area contributed by atoms with E-state index < -0.39 is 5.91 Å². The normalized spacial score (nSPS) is 16.7. The molecule has 0 spiro atoms. The molecule has 3 aromatic carbocycles. The van der Waals surface area contributed by atoms with Gasteiger partial charge in [-0.3, -0.25) is 14.4 Å². The summed E-state index contributed by atoms with van der Waals surface area (Å²) in [6.07, 6.45) is 0.979. The Hall–Kier alpha value is -4.96. The topological polar surface area (TPSA) is 111 Å².